The molecule has 1 saturated heterocycles. The highest BCUT2D eigenvalue weighted by Crippen LogP contribution is 2.37. The first-order valence-electron chi connectivity index (χ1n) is 10.3. The predicted octanol–water partition coefficient (Wildman–Crippen LogP) is 2.11. The summed E-state index contributed by atoms with van der Waals surface area (Å²) in [5, 5.41) is 4.35. The SMILES string of the molecule is CCS(=O)(=O)N[C@H]1CCC[C@H]2CN(C(=O)c3cnn(Cc4ccccc4)c3)C[C@H]21. The first-order chi connectivity index (χ1) is 13.9. The van der Waals surface area contributed by atoms with Crippen molar-refractivity contribution in [2.45, 2.75) is 38.8 Å². The largest absolute Gasteiger partial charge is 0.338 e. The van der Waals surface area contributed by atoms with E-state index in [0.29, 0.717) is 31.1 Å². The first-order valence-corrected chi connectivity index (χ1v) is 12.0. The van der Waals surface area contributed by atoms with Crippen molar-refractivity contribution < 1.29 is 13.2 Å². The maximum atomic E-state index is 13.0. The van der Waals surface area contributed by atoms with Crippen molar-refractivity contribution in [1.29, 1.82) is 0 Å². The molecule has 1 saturated carbocycles. The average molecular weight is 417 g/mol. The molecule has 0 radical (unpaired) electrons. The van der Waals surface area contributed by atoms with Gasteiger partial charge in [0, 0.05) is 25.3 Å². The molecule has 3 atom stereocenters. The van der Waals surface area contributed by atoms with E-state index in [0.717, 1.165) is 24.8 Å². The number of aromatic nitrogens is 2. The number of hydrogen-bond acceptors (Lipinski definition) is 4. The maximum Gasteiger partial charge on any atom is 0.257 e. The fourth-order valence-corrected chi connectivity index (χ4v) is 5.53. The number of fused-ring (bicyclic) bond motifs is 1. The number of likely N-dealkylation sites (tertiary alicyclic amines) is 1. The zero-order valence-electron chi connectivity index (χ0n) is 16.7. The van der Waals surface area contributed by atoms with E-state index in [2.05, 4.69) is 9.82 Å². The number of amides is 1. The van der Waals surface area contributed by atoms with Crippen molar-refractivity contribution in [3.63, 3.8) is 0 Å². The Labute approximate surface area is 172 Å². The minimum absolute atomic E-state index is 0.0178. The Morgan fingerprint density at radius 1 is 1.21 bits per heavy atom. The maximum absolute atomic E-state index is 13.0. The Balaban J connectivity index is 1.42. The van der Waals surface area contributed by atoms with Gasteiger partial charge in [-0.2, -0.15) is 5.10 Å². The molecule has 156 valence electrons. The first kappa shape index (κ1) is 20.1. The number of nitrogens with zero attached hydrogens (tertiary/aromatic N) is 3. The lowest BCUT2D eigenvalue weighted by molar-refractivity contribution is 0.0783. The fourth-order valence-electron chi connectivity index (χ4n) is 4.61. The van der Waals surface area contributed by atoms with Gasteiger partial charge in [-0.15, -0.1) is 0 Å². The lowest BCUT2D eigenvalue weighted by Crippen LogP contribution is -2.45. The standard InChI is InChI=1S/C21H28N4O3S/c1-2-29(27,28)23-20-10-6-9-17-13-24(15-19(17)20)21(26)18-11-22-25(14-18)12-16-7-4-3-5-8-16/h3-5,7-8,11,14,17,19-20,23H,2,6,9-10,12-13,15H2,1H3/t17-,19+,20-/m0/s1. The van der Waals surface area contributed by atoms with Gasteiger partial charge in [-0.05, 0) is 37.2 Å². The Morgan fingerprint density at radius 2 is 2.00 bits per heavy atom. The van der Waals surface area contributed by atoms with Crippen LogP contribution in [0.4, 0.5) is 0 Å². The molecule has 1 amide bonds. The summed E-state index contributed by atoms with van der Waals surface area (Å²) < 4.78 is 28.7. The zero-order chi connectivity index (χ0) is 20.4. The Kier molecular flexibility index (Phi) is 5.74. The molecule has 0 bridgehead atoms. The summed E-state index contributed by atoms with van der Waals surface area (Å²) in [6, 6.07) is 9.94. The van der Waals surface area contributed by atoms with E-state index < -0.39 is 10.0 Å². The van der Waals surface area contributed by atoms with Crippen LogP contribution in [0.25, 0.3) is 0 Å². The number of rotatable bonds is 6. The molecule has 8 heteroatoms. The summed E-state index contributed by atoms with van der Waals surface area (Å²) in [6.45, 7) is 3.57. The van der Waals surface area contributed by atoms with Crippen LogP contribution in [0, 0.1) is 11.8 Å². The molecule has 2 fully saturated rings. The minimum atomic E-state index is -3.24. The fraction of sp³-hybridized carbons (Fsp3) is 0.524. The van der Waals surface area contributed by atoms with Crippen LogP contribution in [-0.4, -0.2) is 53.9 Å². The number of nitrogens with one attached hydrogen (secondary N) is 1. The number of hydrogen-bond donors (Lipinski definition) is 1. The lowest BCUT2D eigenvalue weighted by Gasteiger charge is -2.32. The minimum Gasteiger partial charge on any atom is -0.338 e. The van der Waals surface area contributed by atoms with E-state index in [1.807, 2.05) is 35.2 Å². The second kappa shape index (κ2) is 8.28. The molecule has 1 aromatic carbocycles. The predicted molar refractivity (Wildman–Crippen MR) is 111 cm³/mol. The zero-order valence-corrected chi connectivity index (χ0v) is 17.5. The highest BCUT2D eigenvalue weighted by molar-refractivity contribution is 7.89. The molecule has 2 aromatic rings. The normalized spacial score (nSPS) is 24.4. The van der Waals surface area contributed by atoms with Crippen molar-refractivity contribution in [2.75, 3.05) is 18.8 Å². The van der Waals surface area contributed by atoms with Crippen molar-refractivity contribution in [1.82, 2.24) is 19.4 Å². The summed E-state index contributed by atoms with van der Waals surface area (Å²) in [7, 11) is -3.24. The van der Waals surface area contributed by atoms with Gasteiger partial charge in [0.2, 0.25) is 10.0 Å². The molecule has 2 heterocycles. The van der Waals surface area contributed by atoms with Crippen LogP contribution < -0.4 is 4.72 Å². The molecule has 0 spiro atoms. The van der Waals surface area contributed by atoms with Crippen LogP contribution in [0.3, 0.4) is 0 Å². The van der Waals surface area contributed by atoms with Gasteiger partial charge in [0.1, 0.15) is 0 Å². The van der Waals surface area contributed by atoms with E-state index in [9.17, 15) is 13.2 Å². The van der Waals surface area contributed by atoms with E-state index in [1.54, 1.807) is 24.0 Å². The third-order valence-electron chi connectivity index (χ3n) is 6.16. The molecular formula is C21H28N4O3S. The topological polar surface area (TPSA) is 84.3 Å². The van der Waals surface area contributed by atoms with Gasteiger partial charge in [0.05, 0.1) is 24.1 Å². The Hall–Kier alpha value is -2.19. The van der Waals surface area contributed by atoms with Gasteiger partial charge < -0.3 is 4.90 Å². The average Bonchev–Trinajstić information content (AvgIpc) is 3.36. The third kappa shape index (κ3) is 4.53. The summed E-state index contributed by atoms with van der Waals surface area (Å²) in [5.74, 6) is 0.616. The van der Waals surface area contributed by atoms with Crippen LogP contribution in [-0.2, 0) is 16.6 Å². The van der Waals surface area contributed by atoms with E-state index >= 15 is 0 Å². The highest BCUT2D eigenvalue weighted by atomic mass is 32.2. The summed E-state index contributed by atoms with van der Waals surface area (Å²) in [4.78, 5) is 14.9. The molecule has 29 heavy (non-hydrogen) atoms. The molecular weight excluding hydrogens is 388 g/mol. The Morgan fingerprint density at radius 3 is 2.76 bits per heavy atom. The van der Waals surface area contributed by atoms with Crippen LogP contribution in [0.1, 0.15) is 42.1 Å². The Bertz CT molecular complexity index is 957. The van der Waals surface area contributed by atoms with Crippen molar-refractivity contribution >= 4 is 15.9 Å². The third-order valence-corrected chi connectivity index (χ3v) is 7.59. The number of carbonyl (C=O) groups is 1. The van der Waals surface area contributed by atoms with Gasteiger partial charge in [0.15, 0.2) is 0 Å². The van der Waals surface area contributed by atoms with Gasteiger partial charge in [-0.1, -0.05) is 36.8 Å². The van der Waals surface area contributed by atoms with Crippen molar-refractivity contribution in [3.05, 3.63) is 53.9 Å². The van der Waals surface area contributed by atoms with Crippen LogP contribution in [0.5, 0.6) is 0 Å². The number of carbonyl (C=O) groups excluding carboxylic acids is 1. The van der Waals surface area contributed by atoms with E-state index in [1.165, 1.54) is 0 Å². The monoisotopic (exact) mass is 416 g/mol. The number of benzene rings is 1. The van der Waals surface area contributed by atoms with Crippen LogP contribution in [0.15, 0.2) is 42.7 Å². The van der Waals surface area contributed by atoms with E-state index in [4.69, 9.17) is 0 Å². The molecule has 1 aliphatic heterocycles. The molecule has 1 aromatic heterocycles. The van der Waals surface area contributed by atoms with Crippen molar-refractivity contribution in [3.8, 4) is 0 Å². The van der Waals surface area contributed by atoms with Crippen molar-refractivity contribution in [2.24, 2.45) is 11.8 Å². The van der Waals surface area contributed by atoms with Crippen LogP contribution in [0.2, 0.25) is 0 Å². The number of sulfonamides is 1. The molecule has 2 aliphatic rings. The van der Waals surface area contributed by atoms with Gasteiger partial charge in [-0.25, -0.2) is 13.1 Å². The summed E-state index contributed by atoms with van der Waals surface area (Å²) >= 11 is 0. The second-order valence-corrected chi connectivity index (χ2v) is 10.1. The summed E-state index contributed by atoms with van der Waals surface area (Å²) in [5.41, 5.74) is 1.72. The van der Waals surface area contributed by atoms with E-state index in [-0.39, 0.29) is 23.6 Å². The molecule has 4 rings (SSSR count). The second-order valence-electron chi connectivity index (χ2n) is 8.10. The lowest BCUT2D eigenvalue weighted by atomic mass is 9.78. The smallest absolute Gasteiger partial charge is 0.257 e. The van der Waals surface area contributed by atoms with Crippen LogP contribution >= 0.6 is 0 Å². The van der Waals surface area contributed by atoms with Gasteiger partial charge in [-0.3, -0.25) is 9.48 Å². The highest BCUT2D eigenvalue weighted by Gasteiger charge is 2.43. The summed E-state index contributed by atoms with van der Waals surface area (Å²) in [6.07, 6.45) is 6.32. The van der Waals surface area contributed by atoms with Gasteiger partial charge in [0.25, 0.3) is 5.91 Å². The quantitative estimate of drug-likeness (QED) is 0.782. The molecule has 0 unspecified atom stereocenters. The molecule has 7 nitrogen and oxygen atoms in total. The molecule has 1 N–H and O–H groups in total. The molecule has 1 aliphatic carbocycles. The van der Waals surface area contributed by atoms with Gasteiger partial charge >= 0.3 is 0 Å².